The first-order valence-corrected chi connectivity index (χ1v) is 10.0. The van der Waals surface area contributed by atoms with Crippen LogP contribution in [0.5, 0.6) is 0 Å². The number of hydrogen-bond donors (Lipinski definition) is 2. The number of allylic oxidation sites excluding steroid dienone is 1. The lowest BCUT2D eigenvalue weighted by Gasteiger charge is -2.37. The number of carbonyl (C=O) groups is 1. The SMILES string of the molecule is C=CCN1C(=S)NC(c2ccc(Br)c([N+](=O)[O-])c2)C(C(=O)Nc2cc(C)on2)=C1C. The van der Waals surface area contributed by atoms with Crippen molar-refractivity contribution in [1.82, 2.24) is 15.4 Å². The van der Waals surface area contributed by atoms with Gasteiger partial charge < -0.3 is 20.1 Å². The van der Waals surface area contributed by atoms with Crippen molar-refractivity contribution in [2.75, 3.05) is 11.9 Å². The molecule has 0 saturated heterocycles. The zero-order chi connectivity index (χ0) is 22.0. The van der Waals surface area contributed by atoms with Gasteiger partial charge in [0.15, 0.2) is 10.9 Å². The molecule has 0 saturated carbocycles. The Kier molecular flexibility index (Phi) is 6.32. The molecule has 1 aliphatic heterocycles. The molecule has 156 valence electrons. The van der Waals surface area contributed by atoms with Crippen LogP contribution in [0.15, 0.2) is 57.2 Å². The minimum absolute atomic E-state index is 0.113. The molecule has 9 nitrogen and oxygen atoms in total. The van der Waals surface area contributed by atoms with Crippen molar-refractivity contribution in [3.8, 4) is 0 Å². The third-order valence-corrected chi connectivity index (χ3v) is 5.53. The van der Waals surface area contributed by atoms with Crippen LogP contribution in [-0.4, -0.2) is 32.5 Å². The van der Waals surface area contributed by atoms with E-state index < -0.39 is 16.9 Å². The van der Waals surface area contributed by atoms with Gasteiger partial charge in [-0.1, -0.05) is 17.3 Å². The number of hydrogen-bond acceptors (Lipinski definition) is 6. The third kappa shape index (κ3) is 4.26. The molecular weight excluding hydrogens is 474 g/mol. The van der Waals surface area contributed by atoms with Crippen molar-refractivity contribution in [1.29, 1.82) is 0 Å². The van der Waals surface area contributed by atoms with Gasteiger partial charge >= 0.3 is 0 Å². The van der Waals surface area contributed by atoms with Crippen LogP contribution in [0.25, 0.3) is 0 Å². The molecule has 2 N–H and O–H groups in total. The zero-order valence-corrected chi connectivity index (χ0v) is 18.5. The summed E-state index contributed by atoms with van der Waals surface area (Å²) in [5, 5.41) is 21.4. The lowest BCUT2D eigenvalue weighted by molar-refractivity contribution is -0.385. The van der Waals surface area contributed by atoms with Gasteiger partial charge in [-0.15, -0.1) is 6.58 Å². The Hall–Kier alpha value is -3.05. The van der Waals surface area contributed by atoms with E-state index in [4.69, 9.17) is 16.7 Å². The fourth-order valence-electron chi connectivity index (χ4n) is 3.13. The van der Waals surface area contributed by atoms with Gasteiger partial charge in [-0.05, 0) is 53.6 Å². The Balaban J connectivity index is 2.09. The maximum Gasteiger partial charge on any atom is 0.283 e. The Morgan fingerprint density at radius 1 is 1.50 bits per heavy atom. The number of rotatable bonds is 6. The van der Waals surface area contributed by atoms with Crippen molar-refractivity contribution >= 4 is 50.7 Å². The van der Waals surface area contributed by atoms with Crippen molar-refractivity contribution in [2.24, 2.45) is 0 Å². The number of aromatic nitrogens is 1. The van der Waals surface area contributed by atoms with Crippen molar-refractivity contribution < 1.29 is 14.2 Å². The molecule has 0 fully saturated rings. The lowest BCUT2D eigenvalue weighted by atomic mass is 9.94. The molecule has 1 amide bonds. The van der Waals surface area contributed by atoms with Crippen LogP contribution in [0.2, 0.25) is 0 Å². The van der Waals surface area contributed by atoms with E-state index in [-0.39, 0.29) is 11.5 Å². The van der Waals surface area contributed by atoms with Gasteiger partial charge in [0.1, 0.15) is 5.76 Å². The molecule has 30 heavy (non-hydrogen) atoms. The molecule has 1 aliphatic rings. The summed E-state index contributed by atoms with van der Waals surface area (Å²) >= 11 is 8.64. The second kappa shape index (κ2) is 8.76. The zero-order valence-electron chi connectivity index (χ0n) is 16.1. The largest absolute Gasteiger partial charge is 0.360 e. The molecule has 0 spiro atoms. The number of thiocarbonyl (C=S) groups is 1. The Morgan fingerprint density at radius 2 is 2.23 bits per heavy atom. The summed E-state index contributed by atoms with van der Waals surface area (Å²) in [7, 11) is 0. The topological polar surface area (TPSA) is 114 Å². The monoisotopic (exact) mass is 491 g/mol. The number of carbonyl (C=O) groups excluding carboxylic acids is 1. The molecule has 2 heterocycles. The van der Waals surface area contributed by atoms with E-state index in [0.29, 0.717) is 38.7 Å². The number of benzene rings is 1. The second-order valence-electron chi connectivity index (χ2n) is 6.53. The van der Waals surface area contributed by atoms with Crippen LogP contribution >= 0.6 is 28.1 Å². The molecule has 0 aliphatic carbocycles. The molecule has 0 bridgehead atoms. The normalized spacial score (nSPS) is 16.3. The van der Waals surface area contributed by atoms with Gasteiger partial charge in [0.2, 0.25) is 0 Å². The predicted octanol–water partition coefficient (Wildman–Crippen LogP) is 3.98. The molecule has 1 atom stereocenters. The number of aryl methyl sites for hydroxylation is 1. The Labute approximate surface area is 186 Å². The number of nitrogens with zero attached hydrogens (tertiary/aromatic N) is 3. The minimum Gasteiger partial charge on any atom is -0.360 e. The number of nitro benzene ring substituents is 1. The highest BCUT2D eigenvalue weighted by molar-refractivity contribution is 9.10. The van der Waals surface area contributed by atoms with Crippen molar-refractivity contribution in [3.05, 3.63) is 74.1 Å². The van der Waals surface area contributed by atoms with Crippen LogP contribution in [0.3, 0.4) is 0 Å². The summed E-state index contributed by atoms with van der Waals surface area (Å²) in [6.45, 7) is 7.60. The Bertz CT molecular complexity index is 1080. The van der Waals surface area contributed by atoms with Gasteiger partial charge in [0.25, 0.3) is 11.6 Å². The molecule has 1 unspecified atom stereocenters. The first-order chi connectivity index (χ1) is 14.2. The van der Waals surface area contributed by atoms with E-state index in [1.54, 1.807) is 43.0 Å². The van der Waals surface area contributed by atoms with E-state index in [9.17, 15) is 14.9 Å². The highest BCUT2D eigenvalue weighted by Gasteiger charge is 2.34. The van der Waals surface area contributed by atoms with E-state index in [1.807, 2.05) is 0 Å². The smallest absolute Gasteiger partial charge is 0.283 e. The summed E-state index contributed by atoms with van der Waals surface area (Å²) in [6.07, 6.45) is 1.67. The standard InChI is InChI=1S/C19H18BrN5O4S/c1-4-7-24-11(3)16(18(26)21-15-8-10(2)29-23-15)17(22-19(24)30)12-5-6-13(20)14(9-12)25(27)28/h4-6,8-9,17H,1,7H2,2-3H3,(H,22,30)(H,21,23,26). The van der Waals surface area contributed by atoms with E-state index in [0.717, 1.165) is 0 Å². The van der Waals surface area contributed by atoms with Crippen molar-refractivity contribution in [3.63, 3.8) is 0 Å². The molecule has 1 aromatic heterocycles. The molecular formula is C19H18BrN5O4S. The Morgan fingerprint density at radius 3 is 2.83 bits per heavy atom. The maximum absolute atomic E-state index is 13.2. The summed E-state index contributed by atoms with van der Waals surface area (Å²) in [4.78, 5) is 25.8. The van der Waals surface area contributed by atoms with Gasteiger partial charge in [0, 0.05) is 24.4 Å². The molecule has 1 aromatic carbocycles. The minimum atomic E-state index is -0.696. The second-order valence-corrected chi connectivity index (χ2v) is 7.77. The average Bonchev–Trinajstić information content (AvgIpc) is 3.09. The predicted molar refractivity (Wildman–Crippen MR) is 119 cm³/mol. The number of anilines is 1. The van der Waals surface area contributed by atoms with Crippen LogP contribution < -0.4 is 10.6 Å². The van der Waals surface area contributed by atoms with Crippen LogP contribution in [0.1, 0.15) is 24.3 Å². The molecule has 3 rings (SSSR count). The number of nitrogens with one attached hydrogen (secondary N) is 2. The summed E-state index contributed by atoms with van der Waals surface area (Å²) in [5.41, 5.74) is 1.36. The third-order valence-electron chi connectivity index (χ3n) is 4.52. The van der Waals surface area contributed by atoms with Gasteiger partial charge in [-0.3, -0.25) is 14.9 Å². The number of amides is 1. The quantitative estimate of drug-likeness (QED) is 0.270. The van der Waals surface area contributed by atoms with Crippen LogP contribution in [0.4, 0.5) is 11.5 Å². The van der Waals surface area contributed by atoms with E-state index >= 15 is 0 Å². The summed E-state index contributed by atoms with van der Waals surface area (Å²) in [6, 6.07) is 5.57. The molecule has 0 radical (unpaired) electrons. The fraction of sp³-hybridized carbons (Fsp3) is 0.211. The fourth-order valence-corrected chi connectivity index (χ4v) is 3.85. The van der Waals surface area contributed by atoms with Crippen molar-refractivity contribution in [2.45, 2.75) is 19.9 Å². The maximum atomic E-state index is 13.2. The van der Waals surface area contributed by atoms with E-state index in [1.165, 1.54) is 6.07 Å². The van der Waals surface area contributed by atoms with Crippen LogP contribution in [0, 0.1) is 17.0 Å². The molecule has 2 aromatic rings. The highest BCUT2D eigenvalue weighted by Crippen LogP contribution is 2.35. The lowest BCUT2D eigenvalue weighted by Crippen LogP contribution is -2.48. The van der Waals surface area contributed by atoms with Crippen LogP contribution in [-0.2, 0) is 4.79 Å². The number of halogens is 1. The summed E-state index contributed by atoms with van der Waals surface area (Å²) < 4.78 is 5.34. The summed E-state index contributed by atoms with van der Waals surface area (Å²) in [5.74, 6) is 0.384. The molecule has 11 heteroatoms. The van der Waals surface area contributed by atoms with Gasteiger partial charge in [-0.25, -0.2) is 0 Å². The van der Waals surface area contributed by atoms with Gasteiger partial charge in [-0.2, -0.15) is 0 Å². The first kappa shape index (κ1) is 21.7. The highest BCUT2D eigenvalue weighted by atomic mass is 79.9. The average molecular weight is 492 g/mol. The van der Waals surface area contributed by atoms with Gasteiger partial charge in [0.05, 0.1) is 21.0 Å². The van der Waals surface area contributed by atoms with E-state index in [2.05, 4.69) is 38.3 Å². The number of nitro groups is 1. The first-order valence-electron chi connectivity index (χ1n) is 8.81.